The van der Waals surface area contributed by atoms with Gasteiger partial charge in [-0.2, -0.15) is 0 Å². The SMILES string of the molecule is CCC(C)=O.Oc1cc(O)cc(O)c1. The van der Waals surface area contributed by atoms with E-state index in [1.54, 1.807) is 6.92 Å². The van der Waals surface area contributed by atoms with Crippen LogP contribution in [-0.4, -0.2) is 21.1 Å². The Hall–Kier alpha value is -1.71. The molecular formula is C10H14O4. The average Bonchev–Trinajstić information content (AvgIpc) is 2.02. The Morgan fingerprint density at radius 3 is 1.43 bits per heavy atom. The Bertz CT molecular complexity index is 257. The van der Waals surface area contributed by atoms with Crippen molar-refractivity contribution in [3.05, 3.63) is 18.2 Å². The van der Waals surface area contributed by atoms with Crippen molar-refractivity contribution in [2.45, 2.75) is 20.3 Å². The summed E-state index contributed by atoms with van der Waals surface area (Å²) in [6.07, 6.45) is 0.667. The molecule has 14 heavy (non-hydrogen) atoms. The molecule has 4 heteroatoms. The molecular weight excluding hydrogens is 184 g/mol. The molecule has 0 heterocycles. The van der Waals surface area contributed by atoms with Crippen molar-refractivity contribution in [1.29, 1.82) is 0 Å². The van der Waals surface area contributed by atoms with E-state index in [0.29, 0.717) is 6.42 Å². The van der Waals surface area contributed by atoms with Gasteiger partial charge >= 0.3 is 0 Å². The number of carbonyl (C=O) groups is 1. The minimum absolute atomic E-state index is 0.146. The molecule has 78 valence electrons. The number of ketones is 1. The van der Waals surface area contributed by atoms with Gasteiger partial charge in [-0.25, -0.2) is 0 Å². The standard InChI is InChI=1S/C6H6O3.C4H8O/c7-4-1-5(8)3-6(9)2-4;1-3-4(2)5/h1-3,7-9H;3H2,1-2H3. The molecule has 3 N–H and O–H groups in total. The fourth-order valence-electron chi connectivity index (χ4n) is 0.580. The molecule has 1 rings (SSSR count). The van der Waals surface area contributed by atoms with Crippen LogP contribution in [-0.2, 0) is 4.79 Å². The highest BCUT2D eigenvalue weighted by atomic mass is 16.3. The van der Waals surface area contributed by atoms with E-state index in [1.807, 2.05) is 6.92 Å². The first-order valence-corrected chi connectivity index (χ1v) is 4.17. The minimum Gasteiger partial charge on any atom is -0.508 e. The zero-order valence-electron chi connectivity index (χ0n) is 8.19. The molecule has 0 fully saturated rings. The Labute approximate surface area is 82.4 Å². The van der Waals surface area contributed by atoms with E-state index < -0.39 is 0 Å². The lowest BCUT2D eigenvalue weighted by Crippen LogP contribution is -1.80. The van der Waals surface area contributed by atoms with Gasteiger partial charge in [-0.1, -0.05) is 6.92 Å². The maximum Gasteiger partial charge on any atom is 0.129 e. The topological polar surface area (TPSA) is 77.8 Å². The Morgan fingerprint density at radius 1 is 1.07 bits per heavy atom. The summed E-state index contributed by atoms with van der Waals surface area (Å²) in [5.41, 5.74) is 0. The molecule has 0 amide bonds. The molecule has 1 aromatic carbocycles. The molecule has 0 saturated carbocycles. The van der Waals surface area contributed by atoms with Crippen LogP contribution >= 0.6 is 0 Å². The van der Waals surface area contributed by atoms with Crippen LogP contribution in [0.25, 0.3) is 0 Å². The zero-order chi connectivity index (χ0) is 11.1. The Morgan fingerprint density at radius 2 is 1.29 bits per heavy atom. The van der Waals surface area contributed by atoms with Gasteiger partial charge < -0.3 is 20.1 Å². The number of hydrogen-bond acceptors (Lipinski definition) is 4. The van der Waals surface area contributed by atoms with Crippen molar-refractivity contribution < 1.29 is 20.1 Å². The van der Waals surface area contributed by atoms with E-state index in [9.17, 15) is 4.79 Å². The molecule has 0 radical (unpaired) electrons. The molecule has 0 spiro atoms. The van der Waals surface area contributed by atoms with Gasteiger partial charge in [0.1, 0.15) is 23.0 Å². The number of rotatable bonds is 1. The molecule has 0 saturated heterocycles. The van der Waals surface area contributed by atoms with Crippen LogP contribution in [0.15, 0.2) is 18.2 Å². The summed E-state index contributed by atoms with van der Waals surface area (Å²) in [6, 6.07) is 3.42. The first kappa shape index (κ1) is 12.3. The number of carbonyl (C=O) groups excluding carboxylic acids is 1. The fourth-order valence-corrected chi connectivity index (χ4v) is 0.580. The average molecular weight is 198 g/mol. The third-order valence-electron chi connectivity index (χ3n) is 1.39. The van der Waals surface area contributed by atoms with Crippen molar-refractivity contribution >= 4 is 5.78 Å². The molecule has 0 unspecified atom stereocenters. The van der Waals surface area contributed by atoms with Crippen molar-refractivity contribution in [1.82, 2.24) is 0 Å². The van der Waals surface area contributed by atoms with Crippen LogP contribution in [0.4, 0.5) is 0 Å². The summed E-state index contributed by atoms with van der Waals surface area (Å²) in [4.78, 5) is 9.81. The monoisotopic (exact) mass is 198 g/mol. The van der Waals surface area contributed by atoms with Gasteiger partial charge in [-0.05, 0) is 6.92 Å². The lowest BCUT2D eigenvalue weighted by molar-refractivity contribution is -0.116. The highest BCUT2D eigenvalue weighted by Gasteiger charge is 1.94. The van der Waals surface area contributed by atoms with Crippen LogP contribution < -0.4 is 0 Å². The molecule has 0 aliphatic rings. The lowest BCUT2D eigenvalue weighted by Gasteiger charge is -1.94. The first-order valence-electron chi connectivity index (χ1n) is 4.17. The van der Waals surface area contributed by atoms with E-state index in [-0.39, 0.29) is 23.0 Å². The van der Waals surface area contributed by atoms with E-state index in [0.717, 1.165) is 18.2 Å². The Balaban J connectivity index is 0.000000292. The molecule has 0 bridgehead atoms. The second kappa shape index (κ2) is 5.85. The number of phenolic OH excluding ortho intramolecular Hbond substituents is 3. The molecule has 0 atom stereocenters. The maximum absolute atomic E-state index is 9.81. The van der Waals surface area contributed by atoms with Crippen LogP contribution in [0.3, 0.4) is 0 Å². The highest BCUT2D eigenvalue weighted by molar-refractivity contribution is 5.74. The van der Waals surface area contributed by atoms with Gasteiger partial charge in [-0.3, -0.25) is 0 Å². The summed E-state index contributed by atoms with van der Waals surface area (Å²) >= 11 is 0. The third-order valence-corrected chi connectivity index (χ3v) is 1.39. The van der Waals surface area contributed by atoms with Gasteiger partial charge in [0, 0.05) is 24.6 Å². The van der Waals surface area contributed by atoms with Crippen molar-refractivity contribution in [3.63, 3.8) is 0 Å². The van der Waals surface area contributed by atoms with E-state index >= 15 is 0 Å². The number of aromatic hydroxyl groups is 3. The lowest BCUT2D eigenvalue weighted by atomic mass is 10.3. The van der Waals surface area contributed by atoms with Gasteiger partial charge in [0.15, 0.2) is 0 Å². The smallest absolute Gasteiger partial charge is 0.129 e. The zero-order valence-corrected chi connectivity index (χ0v) is 8.19. The normalized spacial score (nSPS) is 8.71. The fraction of sp³-hybridized carbons (Fsp3) is 0.300. The largest absolute Gasteiger partial charge is 0.508 e. The first-order chi connectivity index (χ1) is 6.45. The summed E-state index contributed by atoms with van der Waals surface area (Å²) < 4.78 is 0. The Kier molecular flexibility index (Phi) is 5.14. The van der Waals surface area contributed by atoms with E-state index in [2.05, 4.69) is 0 Å². The van der Waals surface area contributed by atoms with Crippen LogP contribution in [0.1, 0.15) is 20.3 Å². The maximum atomic E-state index is 9.81. The summed E-state index contributed by atoms with van der Waals surface area (Å²) in [5.74, 6) is -0.183. The molecule has 0 aromatic heterocycles. The number of hydrogen-bond donors (Lipinski definition) is 3. The van der Waals surface area contributed by atoms with Crippen LogP contribution in [0, 0.1) is 0 Å². The molecule has 1 aromatic rings. The molecule has 0 aliphatic carbocycles. The van der Waals surface area contributed by atoms with Crippen LogP contribution in [0.2, 0.25) is 0 Å². The highest BCUT2D eigenvalue weighted by Crippen LogP contribution is 2.23. The number of Topliss-reactive ketones (excluding diaryl/α,β-unsaturated/α-hetero) is 1. The van der Waals surface area contributed by atoms with E-state index in [1.165, 1.54) is 0 Å². The predicted molar refractivity (Wildman–Crippen MR) is 52.4 cm³/mol. The van der Waals surface area contributed by atoms with Gasteiger partial charge in [-0.15, -0.1) is 0 Å². The van der Waals surface area contributed by atoms with E-state index in [4.69, 9.17) is 15.3 Å². The molecule has 0 aliphatic heterocycles. The summed E-state index contributed by atoms with van der Waals surface area (Å²) in [5, 5.41) is 26.0. The van der Waals surface area contributed by atoms with Crippen molar-refractivity contribution in [2.75, 3.05) is 0 Å². The van der Waals surface area contributed by atoms with Gasteiger partial charge in [0.2, 0.25) is 0 Å². The summed E-state index contributed by atoms with van der Waals surface area (Å²) in [7, 11) is 0. The number of phenols is 3. The second-order valence-electron chi connectivity index (χ2n) is 2.76. The predicted octanol–water partition coefficient (Wildman–Crippen LogP) is 1.79. The summed E-state index contributed by atoms with van der Waals surface area (Å²) in [6.45, 7) is 3.43. The van der Waals surface area contributed by atoms with Crippen molar-refractivity contribution in [3.8, 4) is 17.2 Å². The van der Waals surface area contributed by atoms with Gasteiger partial charge in [0.25, 0.3) is 0 Å². The van der Waals surface area contributed by atoms with Crippen LogP contribution in [0.5, 0.6) is 17.2 Å². The third kappa shape index (κ3) is 5.88. The van der Waals surface area contributed by atoms with Gasteiger partial charge in [0.05, 0.1) is 0 Å². The minimum atomic E-state index is -0.146. The van der Waals surface area contributed by atoms with Crippen molar-refractivity contribution in [2.24, 2.45) is 0 Å². The quantitative estimate of drug-likeness (QED) is 0.642. The molecule has 4 nitrogen and oxygen atoms in total. The second-order valence-corrected chi connectivity index (χ2v) is 2.76. The number of benzene rings is 1.